The summed E-state index contributed by atoms with van der Waals surface area (Å²) in [6.45, 7) is 8.25. The van der Waals surface area contributed by atoms with E-state index in [9.17, 15) is 4.79 Å². The van der Waals surface area contributed by atoms with Crippen molar-refractivity contribution in [2.45, 2.75) is 53.4 Å². The van der Waals surface area contributed by atoms with Gasteiger partial charge in [0, 0.05) is 12.3 Å². The van der Waals surface area contributed by atoms with Gasteiger partial charge < -0.3 is 0 Å². The van der Waals surface area contributed by atoms with Crippen LogP contribution in [0.3, 0.4) is 0 Å². The van der Waals surface area contributed by atoms with Crippen LogP contribution in [0, 0.1) is 5.92 Å². The Balaban J connectivity index is 4.36. The number of ketones is 1. The summed E-state index contributed by atoms with van der Waals surface area (Å²) in [5.74, 6) is 0.512. The van der Waals surface area contributed by atoms with Crippen LogP contribution in [-0.2, 0) is 4.79 Å². The van der Waals surface area contributed by atoms with Crippen molar-refractivity contribution in [2.75, 3.05) is 0 Å². The fraction of sp³-hybridized carbons (Fsp3) is 0.750. The second-order valence-electron chi connectivity index (χ2n) is 3.48. The zero-order chi connectivity index (χ0) is 10.3. The number of Topliss-reactive ketones (excluding diaryl/α,β-unsaturated/α-hetero) is 1. The van der Waals surface area contributed by atoms with E-state index in [4.69, 9.17) is 0 Å². The minimum absolute atomic E-state index is 0.143. The lowest BCUT2D eigenvalue weighted by atomic mass is 9.91. The maximum absolute atomic E-state index is 11.5. The molecule has 0 aliphatic carbocycles. The van der Waals surface area contributed by atoms with E-state index in [1.807, 2.05) is 13.8 Å². The van der Waals surface area contributed by atoms with E-state index in [2.05, 4.69) is 19.9 Å². The molecule has 0 rings (SSSR count). The van der Waals surface area contributed by atoms with E-state index in [0.29, 0.717) is 12.2 Å². The van der Waals surface area contributed by atoms with E-state index in [1.165, 1.54) is 5.57 Å². The maximum atomic E-state index is 11.5. The Morgan fingerprint density at radius 2 is 1.92 bits per heavy atom. The Kier molecular flexibility index (Phi) is 6.56. The molecule has 0 N–H and O–H groups in total. The van der Waals surface area contributed by atoms with Crippen LogP contribution >= 0.6 is 0 Å². The fourth-order valence-electron chi connectivity index (χ4n) is 1.56. The lowest BCUT2D eigenvalue weighted by molar-refractivity contribution is -0.121. The van der Waals surface area contributed by atoms with Crippen LogP contribution in [0.15, 0.2) is 11.6 Å². The Morgan fingerprint density at radius 1 is 1.31 bits per heavy atom. The number of allylic oxidation sites excluding steroid dienone is 2. The van der Waals surface area contributed by atoms with E-state index >= 15 is 0 Å². The number of carbonyl (C=O) groups is 1. The summed E-state index contributed by atoms with van der Waals surface area (Å²) < 4.78 is 0. The minimum Gasteiger partial charge on any atom is -0.299 e. The molecule has 1 heteroatoms. The van der Waals surface area contributed by atoms with Gasteiger partial charge >= 0.3 is 0 Å². The van der Waals surface area contributed by atoms with Crippen LogP contribution in [0.5, 0.6) is 0 Å². The second kappa shape index (κ2) is 6.88. The summed E-state index contributed by atoms with van der Waals surface area (Å²) in [7, 11) is 0. The average molecular weight is 182 g/mol. The third-order valence-electron chi connectivity index (χ3n) is 2.39. The van der Waals surface area contributed by atoms with Gasteiger partial charge in [0.15, 0.2) is 0 Å². The number of carbonyl (C=O) groups excluding carboxylic acids is 1. The summed E-state index contributed by atoms with van der Waals surface area (Å²) in [6.07, 6.45) is 6.11. The summed E-state index contributed by atoms with van der Waals surface area (Å²) in [5.41, 5.74) is 1.33. The molecule has 0 radical (unpaired) electrons. The molecule has 0 aliphatic heterocycles. The van der Waals surface area contributed by atoms with Gasteiger partial charge in [-0.1, -0.05) is 45.8 Å². The van der Waals surface area contributed by atoms with E-state index < -0.39 is 0 Å². The van der Waals surface area contributed by atoms with Crippen molar-refractivity contribution in [2.24, 2.45) is 5.92 Å². The highest BCUT2D eigenvalue weighted by Gasteiger charge is 2.14. The van der Waals surface area contributed by atoms with Crippen LogP contribution in [0.1, 0.15) is 53.4 Å². The topological polar surface area (TPSA) is 17.1 Å². The fourth-order valence-corrected chi connectivity index (χ4v) is 1.56. The van der Waals surface area contributed by atoms with Crippen molar-refractivity contribution >= 4 is 5.78 Å². The molecule has 76 valence electrons. The van der Waals surface area contributed by atoms with E-state index in [1.54, 1.807) is 0 Å². The molecule has 0 aliphatic rings. The standard InChI is InChI=1S/C12H22O/c1-5-8-11(9-6-2)10(4)12(13)7-3/h8,10H,5-7,9H2,1-4H3/b11-8+. The molecule has 0 fully saturated rings. The maximum Gasteiger partial charge on any atom is 0.139 e. The Labute approximate surface area is 82.2 Å². The number of hydrogen-bond acceptors (Lipinski definition) is 1. The van der Waals surface area contributed by atoms with E-state index in [-0.39, 0.29) is 5.92 Å². The summed E-state index contributed by atoms with van der Waals surface area (Å²) >= 11 is 0. The molecule has 0 amide bonds. The van der Waals surface area contributed by atoms with Gasteiger partial charge in [-0.05, 0) is 12.8 Å². The molecular weight excluding hydrogens is 160 g/mol. The van der Waals surface area contributed by atoms with Crippen LogP contribution in [-0.4, -0.2) is 5.78 Å². The smallest absolute Gasteiger partial charge is 0.139 e. The molecule has 0 aromatic carbocycles. The quantitative estimate of drug-likeness (QED) is 0.572. The lowest BCUT2D eigenvalue weighted by Crippen LogP contribution is -2.12. The van der Waals surface area contributed by atoms with Crippen LogP contribution in [0.25, 0.3) is 0 Å². The molecule has 0 spiro atoms. The molecule has 1 atom stereocenters. The van der Waals surface area contributed by atoms with Gasteiger partial charge in [-0.2, -0.15) is 0 Å². The molecule has 0 aromatic rings. The molecule has 0 bridgehead atoms. The predicted molar refractivity (Wildman–Crippen MR) is 57.7 cm³/mol. The van der Waals surface area contributed by atoms with E-state index in [0.717, 1.165) is 19.3 Å². The van der Waals surface area contributed by atoms with Gasteiger partial charge in [0.1, 0.15) is 5.78 Å². The molecule has 0 saturated carbocycles. The average Bonchev–Trinajstić information content (AvgIpc) is 2.15. The van der Waals surface area contributed by atoms with Crippen molar-refractivity contribution in [3.63, 3.8) is 0 Å². The summed E-state index contributed by atoms with van der Waals surface area (Å²) in [6, 6.07) is 0. The van der Waals surface area contributed by atoms with Crippen LogP contribution < -0.4 is 0 Å². The SMILES string of the molecule is CC/C=C(\CCC)C(C)C(=O)CC. The Hall–Kier alpha value is -0.590. The summed E-state index contributed by atoms with van der Waals surface area (Å²) in [5, 5.41) is 0. The van der Waals surface area contributed by atoms with Crippen LogP contribution in [0.4, 0.5) is 0 Å². The minimum atomic E-state index is 0.143. The molecular formula is C12H22O. The first-order chi connectivity index (χ1) is 6.17. The van der Waals surface area contributed by atoms with Crippen molar-refractivity contribution in [1.29, 1.82) is 0 Å². The van der Waals surface area contributed by atoms with Crippen molar-refractivity contribution in [3.05, 3.63) is 11.6 Å². The normalized spacial score (nSPS) is 14.3. The zero-order valence-electron chi connectivity index (χ0n) is 9.39. The molecule has 1 nitrogen and oxygen atoms in total. The Bertz CT molecular complexity index is 180. The number of hydrogen-bond donors (Lipinski definition) is 0. The predicted octanol–water partition coefficient (Wildman–Crippen LogP) is 3.74. The third-order valence-corrected chi connectivity index (χ3v) is 2.39. The molecule has 0 saturated heterocycles. The molecule has 1 unspecified atom stereocenters. The summed E-state index contributed by atoms with van der Waals surface area (Å²) in [4.78, 5) is 11.5. The third kappa shape index (κ3) is 4.25. The zero-order valence-corrected chi connectivity index (χ0v) is 9.39. The number of rotatable bonds is 6. The first-order valence-corrected chi connectivity index (χ1v) is 5.38. The Morgan fingerprint density at radius 3 is 2.31 bits per heavy atom. The van der Waals surface area contributed by atoms with Crippen molar-refractivity contribution < 1.29 is 4.79 Å². The van der Waals surface area contributed by atoms with Crippen molar-refractivity contribution in [1.82, 2.24) is 0 Å². The van der Waals surface area contributed by atoms with Gasteiger partial charge in [-0.25, -0.2) is 0 Å². The highest BCUT2D eigenvalue weighted by atomic mass is 16.1. The van der Waals surface area contributed by atoms with Gasteiger partial charge in [0.25, 0.3) is 0 Å². The monoisotopic (exact) mass is 182 g/mol. The van der Waals surface area contributed by atoms with Gasteiger partial charge in [-0.15, -0.1) is 0 Å². The molecule has 0 aromatic heterocycles. The molecule has 13 heavy (non-hydrogen) atoms. The van der Waals surface area contributed by atoms with Gasteiger partial charge in [0.05, 0.1) is 0 Å². The molecule has 0 heterocycles. The second-order valence-corrected chi connectivity index (χ2v) is 3.48. The van der Waals surface area contributed by atoms with Crippen LogP contribution in [0.2, 0.25) is 0 Å². The largest absolute Gasteiger partial charge is 0.299 e. The lowest BCUT2D eigenvalue weighted by Gasteiger charge is -2.13. The first kappa shape index (κ1) is 12.4. The first-order valence-electron chi connectivity index (χ1n) is 5.38. The highest BCUT2D eigenvalue weighted by Crippen LogP contribution is 2.19. The van der Waals surface area contributed by atoms with Crippen molar-refractivity contribution in [3.8, 4) is 0 Å². The highest BCUT2D eigenvalue weighted by molar-refractivity contribution is 5.82. The van der Waals surface area contributed by atoms with Gasteiger partial charge in [0.2, 0.25) is 0 Å². The van der Waals surface area contributed by atoms with Gasteiger partial charge in [-0.3, -0.25) is 4.79 Å².